The number of fused-ring (bicyclic) bond motifs is 1. The molecule has 0 saturated carbocycles. The van der Waals surface area contributed by atoms with Crippen LogP contribution in [0.3, 0.4) is 0 Å². The van der Waals surface area contributed by atoms with Crippen LogP contribution in [0, 0.1) is 5.82 Å². The van der Waals surface area contributed by atoms with E-state index in [2.05, 4.69) is 10.5 Å². The van der Waals surface area contributed by atoms with Crippen LogP contribution in [0.25, 0.3) is 0 Å². The topological polar surface area (TPSA) is 53.9 Å². The van der Waals surface area contributed by atoms with Gasteiger partial charge in [0.15, 0.2) is 0 Å². The highest BCUT2D eigenvalue weighted by atomic mass is 19.4. The van der Waals surface area contributed by atoms with Crippen molar-refractivity contribution in [3.05, 3.63) is 107 Å². The Hall–Kier alpha value is -4.14. The number of hydrogen-bond donors (Lipinski definition) is 1. The van der Waals surface area contributed by atoms with Crippen LogP contribution in [0.1, 0.15) is 40.9 Å². The van der Waals surface area contributed by atoms with Crippen LogP contribution in [-0.4, -0.2) is 25.8 Å². The van der Waals surface area contributed by atoms with Gasteiger partial charge in [-0.3, -0.25) is 4.79 Å². The van der Waals surface area contributed by atoms with Gasteiger partial charge in [0.25, 0.3) is 5.91 Å². The van der Waals surface area contributed by atoms with Crippen LogP contribution in [0.4, 0.5) is 23.2 Å². The molecule has 1 atom stereocenters. The lowest BCUT2D eigenvalue weighted by molar-refractivity contribution is -0.137. The number of allylic oxidation sites excluding steroid dienone is 2. The number of methoxy groups -OCH3 is 1. The SMILES string of the molecule is CCN1/C(=C\C=N\NC(=O)c2ccccc2)C(C)(Cc2cc(C(F)(F)F)ccc2F)c2cc(OC)ccc21. The zero-order valence-corrected chi connectivity index (χ0v) is 21.1. The first-order valence-electron chi connectivity index (χ1n) is 12.0. The van der Waals surface area contributed by atoms with E-state index in [1.165, 1.54) is 13.3 Å². The minimum absolute atomic E-state index is 0.0462. The van der Waals surface area contributed by atoms with Gasteiger partial charge in [-0.25, -0.2) is 9.82 Å². The summed E-state index contributed by atoms with van der Waals surface area (Å²) in [5.74, 6) is -0.539. The molecule has 38 heavy (non-hydrogen) atoms. The van der Waals surface area contributed by atoms with E-state index in [-0.39, 0.29) is 17.9 Å². The maximum atomic E-state index is 14.9. The van der Waals surface area contributed by atoms with Crippen molar-refractivity contribution in [2.45, 2.75) is 31.9 Å². The Morgan fingerprint density at radius 3 is 2.50 bits per heavy atom. The van der Waals surface area contributed by atoms with Gasteiger partial charge in [0, 0.05) is 35.1 Å². The maximum Gasteiger partial charge on any atom is 0.416 e. The summed E-state index contributed by atoms with van der Waals surface area (Å²) in [6.07, 6.45) is -1.54. The van der Waals surface area contributed by atoms with Gasteiger partial charge in [0.05, 0.1) is 12.7 Å². The van der Waals surface area contributed by atoms with Crippen LogP contribution in [0.5, 0.6) is 5.75 Å². The van der Waals surface area contributed by atoms with Gasteiger partial charge in [0.2, 0.25) is 0 Å². The first-order chi connectivity index (χ1) is 18.1. The highest BCUT2D eigenvalue weighted by Gasteiger charge is 2.44. The highest BCUT2D eigenvalue weighted by Crippen LogP contribution is 2.51. The zero-order chi connectivity index (χ0) is 27.5. The second-order valence-corrected chi connectivity index (χ2v) is 9.08. The van der Waals surface area contributed by atoms with E-state index in [0.717, 1.165) is 29.4 Å². The minimum Gasteiger partial charge on any atom is -0.497 e. The molecule has 3 aromatic carbocycles. The van der Waals surface area contributed by atoms with Gasteiger partial charge in [-0.2, -0.15) is 18.3 Å². The minimum atomic E-state index is -4.60. The number of nitrogens with zero attached hydrogens (tertiary/aromatic N) is 2. The number of carbonyl (C=O) groups is 1. The normalized spacial score (nSPS) is 18.2. The monoisotopic (exact) mass is 525 g/mol. The molecular weight excluding hydrogens is 498 g/mol. The standard InChI is InChI=1S/C29H27F4N3O2/c1-4-36-25-13-11-22(38-3)17-23(25)28(2,18-20-16-21(29(31,32)33)10-12-24(20)30)26(36)14-15-34-35-27(37)19-8-6-5-7-9-19/h5-17H,4,18H2,1-3H3,(H,35,37)/b26-14-,34-15+. The summed E-state index contributed by atoms with van der Waals surface area (Å²) in [6.45, 7) is 4.33. The number of amides is 1. The molecule has 0 fully saturated rings. The number of alkyl halides is 3. The Bertz CT molecular complexity index is 1390. The number of hydrazone groups is 1. The predicted molar refractivity (Wildman–Crippen MR) is 139 cm³/mol. The molecule has 9 heteroatoms. The molecule has 0 bridgehead atoms. The number of halogens is 4. The largest absolute Gasteiger partial charge is 0.497 e. The van der Waals surface area contributed by atoms with Gasteiger partial charge < -0.3 is 9.64 Å². The third-order valence-electron chi connectivity index (χ3n) is 6.69. The summed E-state index contributed by atoms with van der Waals surface area (Å²) < 4.78 is 60.5. The molecular formula is C29H27F4N3O2. The Kier molecular flexibility index (Phi) is 7.57. The third-order valence-corrected chi connectivity index (χ3v) is 6.69. The Labute approximate surface area is 218 Å². The van der Waals surface area contributed by atoms with E-state index in [4.69, 9.17) is 4.74 Å². The van der Waals surface area contributed by atoms with Crippen molar-refractivity contribution in [3.63, 3.8) is 0 Å². The van der Waals surface area contributed by atoms with Gasteiger partial charge in [-0.1, -0.05) is 18.2 Å². The molecule has 1 unspecified atom stereocenters. The molecule has 0 aliphatic carbocycles. The van der Waals surface area contributed by atoms with Gasteiger partial charge in [-0.05, 0) is 86.0 Å². The quantitative estimate of drug-likeness (QED) is 0.218. The van der Waals surface area contributed by atoms with E-state index >= 15 is 0 Å². The molecule has 198 valence electrons. The van der Waals surface area contributed by atoms with Crippen LogP contribution in [0.2, 0.25) is 0 Å². The fraction of sp³-hybridized carbons (Fsp3) is 0.241. The lowest BCUT2D eigenvalue weighted by atomic mass is 9.76. The Morgan fingerprint density at radius 1 is 1.11 bits per heavy atom. The molecule has 3 aromatic rings. The fourth-order valence-electron chi connectivity index (χ4n) is 4.81. The number of anilines is 1. The smallest absolute Gasteiger partial charge is 0.416 e. The number of rotatable bonds is 7. The van der Waals surface area contributed by atoms with E-state index in [1.54, 1.807) is 42.5 Å². The number of carbonyl (C=O) groups excluding carboxylic acids is 1. The summed E-state index contributed by atoms with van der Waals surface area (Å²) in [5.41, 5.74) is 3.31. The number of benzene rings is 3. The van der Waals surface area contributed by atoms with E-state index in [1.807, 2.05) is 30.9 Å². The van der Waals surface area contributed by atoms with Crippen LogP contribution < -0.4 is 15.1 Å². The highest BCUT2D eigenvalue weighted by molar-refractivity contribution is 5.94. The average molecular weight is 526 g/mol. The number of nitrogens with one attached hydrogen (secondary N) is 1. The lowest BCUT2D eigenvalue weighted by Crippen LogP contribution is -2.31. The van der Waals surface area contributed by atoms with E-state index in [0.29, 0.717) is 23.6 Å². The zero-order valence-electron chi connectivity index (χ0n) is 21.1. The first-order valence-corrected chi connectivity index (χ1v) is 12.0. The number of ether oxygens (including phenoxy) is 1. The summed E-state index contributed by atoms with van der Waals surface area (Å²) >= 11 is 0. The molecule has 1 N–H and O–H groups in total. The predicted octanol–water partition coefficient (Wildman–Crippen LogP) is 6.49. The van der Waals surface area contributed by atoms with Crippen molar-refractivity contribution >= 4 is 17.8 Å². The van der Waals surface area contributed by atoms with Crippen molar-refractivity contribution in [1.29, 1.82) is 0 Å². The van der Waals surface area contributed by atoms with E-state index < -0.39 is 23.0 Å². The molecule has 4 rings (SSSR count). The maximum absolute atomic E-state index is 14.9. The van der Waals surface area contributed by atoms with Crippen LogP contribution in [-0.2, 0) is 18.0 Å². The van der Waals surface area contributed by atoms with Crippen molar-refractivity contribution in [2.24, 2.45) is 5.10 Å². The summed E-state index contributed by atoms with van der Waals surface area (Å²) in [6, 6.07) is 16.5. The fourth-order valence-corrected chi connectivity index (χ4v) is 4.81. The summed E-state index contributed by atoms with van der Waals surface area (Å²) in [5, 5.41) is 4.04. The average Bonchev–Trinajstić information content (AvgIpc) is 3.13. The molecule has 0 radical (unpaired) electrons. The molecule has 1 aliphatic heterocycles. The van der Waals surface area contributed by atoms with Gasteiger partial charge in [0.1, 0.15) is 11.6 Å². The molecule has 1 aliphatic rings. The molecule has 1 amide bonds. The van der Waals surface area contributed by atoms with Crippen molar-refractivity contribution in [3.8, 4) is 5.75 Å². The molecule has 5 nitrogen and oxygen atoms in total. The lowest BCUT2D eigenvalue weighted by Gasteiger charge is -2.30. The van der Waals surface area contributed by atoms with Crippen molar-refractivity contribution in [2.75, 3.05) is 18.6 Å². The molecule has 0 aromatic heterocycles. The number of hydrogen-bond acceptors (Lipinski definition) is 4. The van der Waals surface area contributed by atoms with Gasteiger partial charge >= 0.3 is 6.18 Å². The van der Waals surface area contributed by atoms with Crippen molar-refractivity contribution in [1.82, 2.24) is 5.43 Å². The first kappa shape index (κ1) is 26.9. The second kappa shape index (κ2) is 10.7. The Morgan fingerprint density at radius 2 is 1.84 bits per heavy atom. The molecule has 1 heterocycles. The summed E-state index contributed by atoms with van der Waals surface area (Å²) in [4.78, 5) is 14.3. The summed E-state index contributed by atoms with van der Waals surface area (Å²) in [7, 11) is 1.52. The van der Waals surface area contributed by atoms with Crippen molar-refractivity contribution < 1.29 is 27.1 Å². The Balaban J connectivity index is 1.75. The van der Waals surface area contributed by atoms with Crippen LogP contribution >= 0.6 is 0 Å². The van der Waals surface area contributed by atoms with Gasteiger partial charge in [-0.15, -0.1) is 0 Å². The third kappa shape index (κ3) is 5.27. The molecule has 0 spiro atoms. The van der Waals surface area contributed by atoms with E-state index in [9.17, 15) is 22.4 Å². The van der Waals surface area contributed by atoms with Crippen LogP contribution in [0.15, 0.2) is 83.6 Å². The molecule has 0 saturated heterocycles. The second-order valence-electron chi connectivity index (χ2n) is 9.08. The number of likely N-dealkylation sites (N-methyl/N-ethyl adjacent to an activating group) is 1.